The Kier molecular flexibility index (Phi) is 4.11. The number of nitrogens with zero attached hydrogens (tertiary/aromatic N) is 1. The summed E-state index contributed by atoms with van der Waals surface area (Å²) in [5.41, 5.74) is 0.505. The van der Waals surface area contributed by atoms with Crippen molar-refractivity contribution >= 4 is 33.7 Å². The van der Waals surface area contributed by atoms with Gasteiger partial charge in [-0.25, -0.2) is 0 Å². The number of anilines is 1. The lowest BCUT2D eigenvalue weighted by Gasteiger charge is -2.08. The lowest BCUT2D eigenvalue weighted by molar-refractivity contribution is -0.110. The van der Waals surface area contributed by atoms with E-state index in [4.69, 9.17) is 9.94 Å². The van der Waals surface area contributed by atoms with E-state index in [1.54, 1.807) is 18.2 Å². The number of ether oxygens (including phenoxy) is 1. The van der Waals surface area contributed by atoms with Crippen LogP contribution < -0.4 is 10.1 Å². The van der Waals surface area contributed by atoms with Gasteiger partial charge in [-0.2, -0.15) is 0 Å². The van der Waals surface area contributed by atoms with Crippen LogP contribution in [-0.2, 0) is 4.79 Å². The van der Waals surface area contributed by atoms with Gasteiger partial charge in [0.05, 0.1) is 12.8 Å². The van der Waals surface area contributed by atoms with Gasteiger partial charge in [0.1, 0.15) is 12.0 Å². The minimum atomic E-state index is -0.530. The van der Waals surface area contributed by atoms with Crippen molar-refractivity contribution in [1.82, 2.24) is 0 Å². The Morgan fingerprint density at radius 1 is 1.67 bits per heavy atom. The number of carbonyl (C=O) groups is 1. The third-order valence-corrected chi connectivity index (χ3v) is 2.09. The summed E-state index contributed by atoms with van der Waals surface area (Å²) >= 11 is 3.28. The second-order valence-corrected chi connectivity index (χ2v) is 3.49. The first-order chi connectivity index (χ1) is 7.17. The fourth-order valence-electron chi connectivity index (χ4n) is 0.986. The molecule has 0 aliphatic rings. The highest BCUT2D eigenvalue weighted by molar-refractivity contribution is 9.10. The zero-order valence-corrected chi connectivity index (χ0v) is 9.48. The van der Waals surface area contributed by atoms with Crippen LogP contribution in [0, 0.1) is 0 Å². The summed E-state index contributed by atoms with van der Waals surface area (Å²) in [6.45, 7) is 0. The van der Waals surface area contributed by atoms with Crippen molar-refractivity contribution in [3.8, 4) is 5.75 Å². The number of benzene rings is 1. The minimum absolute atomic E-state index is 0.505. The summed E-state index contributed by atoms with van der Waals surface area (Å²) in [7, 11) is 1.50. The quantitative estimate of drug-likeness (QED) is 0.501. The molecule has 0 heterocycles. The average Bonchev–Trinajstić information content (AvgIpc) is 2.21. The molecular formula is C9H9BrN2O3. The highest BCUT2D eigenvalue weighted by Gasteiger charge is 2.05. The largest absolute Gasteiger partial charge is 0.495 e. The average molecular weight is 273 g/mol. The second kappa shape index (κ2) is 5.35. The van der Waals surface area contributed by atoms with Gasteiger partial charge in [-0.05, 0) is 18.2 Å². The predicted octanol–water partition coefficient (Wildman–Crippen LogP) is 1.86. The maximum absolute atomic E-state index is 11.1. The number of hydrogen-bond acceptors (Lipinski definition) is 4. The van der Waals surface area contributed by atoms with E-state index in [2.05, 4.69) is 26.4 Å². The zero-order chi connectivity index (χ0) is 11.3. The monoisotopic (exact) mass is 272 g/mol. The molecule has 0 aliphatic carbocycles. The predicted molar refractivity (Wildman–Crippen MR) is 59.6 cm³/mol. The van der Waals surface area contributed by atoms with Gasteiger partial charge in [-0.15, -0.1) is 0 Å². The summed E-state index contributed by atoms with van der Waals surface area (Å²) < 4.78 is 5.89. The third-order valence-electron chi connectivity index (χ3n) is 1.60. The molecule has 0 radical (unpaired) electrons. The smallest absolute Gasteiger partial charge is 0.270 e. The molecule has 0 bridgehead atoms. The van der Waals surface area contributed by atoms with Gasteiger partial charge in [-0.1, -0.05) is 21.1 Å². The van der Waals surface area contributed by atoms with E-state index in [-0.39, 0.29) is 0 Å². The molecule has 0 unspecified atom stereocenters. The summed E-state index contributed by atoms with van der Waals surface area (Å²) in [4.78, 5) is 11.1. The van der Waals surface area contributed by atoms with E-state index in [1.807, 2.05) is 0 Å². The van der Waals surface area contributed by atoms with Gasteiger partial charge >= 0.3 is 0 Å². The Morgan fingerprint density at radius 2 is 2.40 bits per heavy atom. The number of nitrogens with one attached hydrogen (secondary N) is 1. The highest BCUT2D eigenvalue weighted by Crippen LogP contribution is 2.27. The number of amides is 1. The second-order valence-electron chi connectivity index (χ2n) is 2.58. The van der Waals surface area contributed by atoms with Crippen molar-refractivity contribution in [2.24, 2.45) is 5.16 Å². The lowest BCUT2D eigenvalue weighted by Crippen LogP contribution is -2.13. The minimum Gasteiger partial charge on any atom is -0.495 e. The van der Waals surface area contributed by atoms with E-state index >= 15 is 0 Å². The van der Waals surface area contributed by atoms with Gasteiger partial charge in [0.25, 0.3) is 5.91 Å². The lowest BCUT2D eigenvalue weighted by atomic mass is 10.3. The summed E-state index contributed by atoms with van der Waals surface area (Å²) in [6, 6.07) is 5.14. The Bertz CT molecular complexity index is 393. The topological polar surface area (TPSA) is 70.9 Å². The van der Waals surface area contributed by atoms with Crippen molar-refractivity contribution in [2.75, 3.05) is 12.4 Å². The Hall–Kier alpha value is -1.56. The standard InChI is InChI=1S/C9H9BrN2O3/c1-15-8-4-6(10)2-3-7(8)12-9(13)5-11-14/h2-5,14H,1H3,(H,12,13)/b11-5-. The van der Waals surface area contributed by atoms with Crippen molar-refractivity contribution in [3.63, 3.8) is 0 Å². The van der Waals surface area contributed by atoms with Gasteiger partial charge in [0, 0.05) is 4.47 Å². The molecule has 80 valence electrons. The number of oxime groups is 1. The molecule has 1 rings (SSSR count). The zero-order valence-electron chi connectivity index (χ0n) is 7.90. The van der Waals surface area contributed by atoms with Gasteiger partial charge in [-0.3, -0.25) is 4.79 Å². The van der Waals surface area contributed by atoms with Crippen LogP contribution in [0.5, 0.6) is 5.75 Å². The van der Waals surface area contributed by atoms with E-state index < -0.39 is 5.91 Å². The van der Waals surface area contributed by atoms with Crippen molar-refractivity contribution in [1.29, 1.82) is 0 Å². The van der Waals surface area contributed by atoms with E-state index in [1.165, 1.54) is 7.11 Å². The normalized spacial score (nSPS) is 10.3. The maximum atomic E-state index is 11.1. The van der Waals surface area contributed by atoms with Crippen molar-refractivity contribution < 1.29 is 14.7 Å². The molecule has 0 atom stereocenters. The van der Waals surface area contributed by atoms with Crippen LogP contribution in [0.2, 0.25) is 0 Å². The number of rotatable bonds is 3. The fourth-order valence-corrected chi connectivity index (χ4v) is 1.33. The third kappa shape index (κ3) is 3.25. The van der Waals surface area contributed by atoms with Crippen LogP contribution in [0.15, 0.2) is 27.8 Å². The van der Waals surface area contributed by atoms with Crippen LogP contribution in [-0.4, -0.2) is 24.4 Å². The molecule has 5 nitrogen and oxygen atoms in total. The Morgan fingerprint density at radius 3 is 3.00 bits per heavy atom. The molecule has 1 amide bonds. The van der Waals surface area contributed by atoms with Crippen LogP contribution in [0.1, 0.15) is 0 Å². The van der Waals surface area contributed by atoms with Crippen molar-refractivity contribution in [3.05, 3.63) is 22.7 Å². The molecule has 1 aromatic carbocycles. The molecule has 1 aromatic rings. The van der Waals surface area contributed by atoms with E-state index in [9.17, 15) is 4.79 Å². The van der Waals surface area contributed by atoms with Gasteiger partial charge in [0.15, 0.2) is 0 Å². The molecule has 15 heavy (non-hydrogen) atoms. The molecule has 0 fully saturated rings. The molecule has 0 aromatic heterocycles. The van der Waals surface area contributed by atoms with E-state index in [0.717, 1.165) is 10.7 Å². The first-order valence-corrected chi connectivity index (χ1v) is 4.78. The Labute approximate surface area is 94.9 Å². The first kappa shape index (κ1) is 11.5. The number of methoxy groups -OCH3 is 1. The molecular weight excluding hydrogens is 264 g/mol. The number of carbonyl (C=O) groups excluding carboxylic acids is 1. The fraction of sp³-hybridized carbons (Fsp3) is 0.111. The van der Waals surface area contributed by atoms with Crippen molar-refractivity contribution in [2.45, 2.75) is 0 Å². The highest BCUT2D eigenvalue weighted by atomic mass is 79.9. The van der Waals surface area contributed by atoms with Crippen LogP contribution in [0.4, 0.5) is 5.69 Å². The van der Waals surface area contributed by atoms with Crippen LogP contribution in [0.3, 0.4) is 0 Å². The molecule has 2 N–H and O–H groups in total. The molecule has 0 saturated carbocycles. The first-order valence-electron chi connectivity index (χ1n) is 3.99. The van der Waals surface area contributed by atoms with E-state index in [0.29, 0.717) is 11.4 Å². The van der Waals surface area contributed by atoms with Crippen LogP contribution in [0.25, 0.3) is 0 Å². The Balaban J connectivity index is 2.89. The van der Waals surface area contributed by atoms with Gasteiger partial charge < -0.3 is 15.3 Å². The van der Waals surface area contributed by atoms with Crippen LogP contribution >= 0.6 is 15.9 Å². The number of hydrogen-bond donors (Lipinski definition) is 2. The summed E-state index contributed by atoms with van der Waals surface area (Å²) in [6.07, 6.45) is 0.765. The molecule has 0 saturated heterocycles. The SMILES string of the molecule is COc1cc(Br)ccc1NC(=O)/C=N\O. The summed E-state index contributed by atoms with van der Waals surface area (Å²) in [5.74, 6) is -0.0119. The molecule has 0 spiro atoms. The maximum Gasteiger partial charge on any atom is 0.270 e. The molecule has 0 aliphatic heterocycles. The number of halogens is 1. The molecule has 6 heteroatoms. The summed E-state index contributed by atoms with van der Waals surface area (Å²) in [5, 5.41) is 13.3. The van der Waals surface area contributed by atoms with Gasteiger partial charge in [0.2, 0.25) is 0 Å².